The molecule has 0 saturated carbocycles. The maximum atomic E-state index is 12.5. The summed E-state index contributed by atoms with van der Waals surface area (Å²) in [7, 11) is 3.10. The lowest BCUT2D eigenvalue weighted by Gasteiger charge is -2.26. The van der Waals surface area contributed by atoms with Gasteiger partial charge in [0.2, 0.25) is 0 Å². The number of methoxy groups -OCH3 is 2. The van der Waals surface area contributed by atoms with E-state index in [1.165, 1.54) is 13.2 Å². The van der Waals surface area contributed by atoms with Gasteiger partial charge in [-0.1, -0.05) is 18.2 Å². The Bertz CT molecular complexity index is 830. The highest BCUT2D eigenvalue weighted by Gasteiger charge is 2.19. The minimum Gasteiger partial charge on any atom is -0.497 e. The van der Waals surface area contributed by atoms with Crippen LogP contribution < -0.4 is 14.4 Å². The standard InChI is InChI=1S/C22H25NO5/c1-16(2)23(18-8-6-5-7-9-18)21(24)15-28-22(25)13-11-17-10-12-19(26-3)14-20(17)27-4/h5-14,16H,15H2,1-4H3/b13-11+. The molecule has 1 amide bonds. The summed E-state index contributed by atoms with van der Waals surface area (Å²) in [5.74, 6) is 0.319. The topological polar surface area (TPSA) is 65.1 Å². The quantitative estimate of drug-likeness (QED) is 0.514. The maximum absolute atomic E-state index is 12.5. The number of anilines is 1. The first kappa shape index (κ1) is 21.0. The van der Waals surface area contributed by atoms with Gasteiger partial charge < -0.3 is 19.1 Å². The van der Waals surface area contributed by atoms with Gasteiger partial charge in [-0.25, -0.2) is 4.79 Å². The highest BCUT2D eigenvalue weighted by Crippen LogP contribution is 2.25. The Morgan fingerprint density at radius 3 is 2.36 bits per heavy atom. The average molecular weight is 383 g/mol. The number of para-hydroxylation sites is 1. The number of esters is 1. The molecule has 0 unspecified atom stereocenters. The van der Waals surface area contributed by atoms with Gasteiger partial charge in [0, 0.05) is 29.4 Å². The molecule has 2 aromatic rings. The highest BCUT2D eigenvalue weighted by atomic mass is 16.5. The van der Waals surface area contributed by atoms with Crippen molar-refractivity contribution in [2.75, 3.05) is 25.7 Å². The van der Waals surface area contributed by atoms with Crippen LogP contribution in [0.15, 0.2) is 54.6 Å². The number of nitrogens with zero attached hydrogens (tertiary/aromatic N) is 1. The molecule has 2 aromatic carbocycles. The first-order chi connectivity index (χ1) is 13.5. The number of carbonyl (C=O) groups is 2. The second kappa shape index (κ2) is 10.2. The summed E-state index contributed by atoms with van der Waals surface area (Å²) in [6, 6.07) is 14.5. The molecule has 0 saturated heterocycles. The molecule has 0 radical (unpaired) electrons. The third-order valence-electron chi connectivity index (χ3n) is 4.00. The average Bonchev–Trinajstić information content (AvgIpc) is 2.71. The molecule has 0 fully saturated rings. The number of amides is 1. The van der Waals surface area contributed by atoms with E-state index in [0.717, 1.165) is 5.69 Å². The van der Waals surface area contributed by atoms with Gasteiger partial charge in [0.05, 0.1) is 14.2 Å². The van der Waals surface area contributed by atoms with Crippen LogP contribution in [-0.2, 0) is 14.3 Å². The van der Waals surface area contributed by atoms with E-state index in [0.29, 0.717) is 17.1 Å². The van der Waals surface area contributed by atoms with Crippen LogP contribution in [0.3, 0.4) is 0 Å². The van der Waals surface area contributed by atoms with Gasteiger partial charge in [-0.05, 0) is 44.2 Å². The summed E-state index contributed by atoms with van der Waals surface area (Å²) in [6.07, 6.45) is 2.84. The molecule has 148 valence electrons. The summed E-state index contributed by atoms with van der Waals surface area (Å²) < 4.78 is 15.5. The molecule has 6 nitrogen and oxygen atoms in total. The van der Waals surface area contributed by atoms with Crippen molar-refractivity contribution in [1.82, 2.24) is 0 Å². The number of carbonyl (C=O) groups excluding carboxylic acids is 2. The molecule has 0 aliphatic heterocycles. The van der Waals surface area contributed by atoms with Gasteiger partial charge in [-0.3, -0.25) is 4.79 Å². The van der Waals surface area contributed by atoms with E-state index in [1.807, 2.05) is 44.2 Å². The molecule has 0 aromatic heterocycles. The van der Waals surface area contributed by atoms with E-state index in [4.69, 9.17) is 14.2 Å². The Morgan fingerprint density at radius 2 is 1.75 bits per heavy atom. The summed E-state index contributed by atoms with van der Waals surface area (Å²) in [6.45, 7) is 3.47. The van der Waals surface area contributed by atoms with Crippen LogP contribution in [0.1, 0.15) is 19.4 Å². The third-order valence-corrected chi connectivity index (χ3v) is 4.00. The van der Waals surface area contributed by atoms with E-state index < -0.39 is 5.97 Å². The fourth-order valence-electron chi connectivity index (χ4n) is 2.68. The smallest absolute Gasteiger partial charge is 0.331 e. The molecular formula is C22H25NO5. The minimum absolute atomic E-state index is 0.0623. The van der Waals surface area contributed by atoms with Crippen LogP contribution >= 0.6 is 0 Å². The predicted molar refractivity (Wildman–Crippen MR) is 109 cm³/mol. The Labute approximate surface area is 165 Å². The van der Waals surface area contributed by atoms with Gasteiger partial charge in [0.15, 0.2) is 6.61 Å². The minimum atomic E-state index is -0.608. The molecule has 0 atom stereocenters. The van der Waals surface area contributed by atoms with Gasteiger partial charge in [-0.15, -0.1) is 0 Å². The van der Waals surface area contributed by atoms with Crippen LogP contribution in [0, 0.1) is 0 Å². The Balaban J connectivity index is 1.99. The van der Waals surface area contributed by atoms with Crippen molar-refractivity contribution in [3.63, 3.8) is 0 Å². The third kappa shape index (κ3) is 5.61. The van der Waals surface area contributed by atoms with Gasteiger partial charge in [0.1, 0.15) is 11.5 Å². The van der Waals surface area contributed by atoms with Crippen molar-refractivity contribution in [2.45, 2.75) is 19.9 Å². The van der Waals surface area contributed by atoms with Crippen LogP contribution in [-0.4, -0.2) is 38.7 Å². The largest absolute Gasteiger partial charge is 0.497 e. The van der Waals surface area contributed by atoms with E-state index in [2.05, 4.69) is 0 Å². The zero-order chi connectivity index (χ0) is 20.5. The zero-order valence-electron chi connectivity index (χ0n) is 16.5. The van der Waals surface area contributed by atoms with Gasteiger partial charge in [-0.2, -0.15) is 0 Å². The lowest BCUT2D eigenvalue weighted by molar-refractivity contribution is -0.143. The summed E-state index contributed by atoms with van der Waals surface area (Å²) in [5.41, 5.74) is 1.46. The lowest BCUT2D eigenvalue weighted by atomic mass is 10.2. The van der Waals surface area contributed by atoms with E-state index in [9.17, 15) is 9.59 Å². The molecule has 2 rings (SSSR count). The second-order valence-electron chi connectivity index (χ2n) is 6.24. The maximum Gasteiger partial charge on any atom is 0.331 e. The molecule has 0 spiro atoms. The first-order valence-corrected chi connectivity index (χ1v) is 8.90. The molecule has 28 heavy (non-hydrogen) atoms. The summed E-state index contributed by atoms with van der Waals surface area (Å²) in [5, 5.41) is 0. The normalized spacial score (nSPS) is 10.8. The first-order valence-electron chi connectivity index (χ1n) is 8.90. The van der Waals surface area contributed by atoms with E-state index in [1.54, 1.807) is 36.3 Å². The van der Waals surface area contributed by atoms with Crippen LogP contribution in [0.25, 0.3) is 6.08 Å². The predicted octanol–water partition coefficient (Wildman–Crippen LogP) is 3.70. The Hall–Kier alpha value is -3.28. The van der Waals surface area contributed by atoms with Crippen molar-refractivity contribution in [2.24, 2.45) is 0 Å². The molecular weight excluding hydrogens is 358 g/mol. The van der Waals surface area contributed by atoms with Crippen molar-refractivity contribution in [3.8, 4) is 11.5 Å². The van der Waals surface area contributed by atoms with E-state index >= 15 is 0 Å². The Kier molecular flexibility index (Phi) is 7.63. The molecule has 6 heteroatoms. The molecule has 0 aliphatic carbocycles. The molecule has 0 heterocycles. The SMILES string of the molecule is COc1ccc(/C=C/C(=O)OCC(=O)N(c2ccccc2)C(C)C)c(OC)c1. The van der Waals surface area contributed by atoms with E-state index in [-0.39, 0.29) is 18.6 Å². The number of benzene rings is 2. The van der Waals surface area contributed by atoms with Gasteiger partial charge in [0.25, 0.3) is 5.91 Å². The molecule has 0 bridgehead atoms. The fourth-order valence-corrected chi connectivity index (χ4v) is 2.68. The summed E-state index contributed by atoms with van der Waals surface area (Å²) in [4.78, 5) is 26.2. The van der Waals surface area contributed by atoms with Crippen molar-refractivity contribution in [3.05, 3.63) is 60.2 Å². The van der Waals surface area contributed by atoms with Crippen molar-refractivity contribution < 1.29 is 23.8 Å². The fraction of sp³-hybridized carbons (Fsp3) is 0.273. The monoisotopic (exact) mass is 383 g/mol. The van der Waals surface area contributed by atoms with Crippen molar-refractivity contribution >= 4 is 23.6 Å². The lowest BCUT2D eigenvalue weighted by Crippen LogP contribution is -2.39. The van der Waals surface area contributed by atoms with Crippen molar-refractivity contribution in [1.29, 1.82) is 0 Å². The van der Waals surface area contributed by atoms with Crippen LogP contribution in [0.5, 0.6) is 11.5 Å². The zero-order valence-corrected chi connectivity index (χ0v) is 16.5. The molecule has 0 aliphatic rings. The number of hydrogen-bond donors (Lipinski definition) is 0. The number of rotatable bonds is 8. The second-order valence-corrected chi connectivity index (χ2v) is 6.24. The molecule has 0 N–H and O–H groups in total. The number of ether oxygens (including phenoxy) is 3. The van der Waals surface area contributed by atoms with Gasteiger partial charge >= 0.3 is 5.97 Å². The summed E-state index contributed by atoms with van der Waals surface area (Å²) >= 11 is 0. The Morgan fingerprint density at radius 1 is 1.04 bits per heavy atom. The highest BCUT2D eigenvalue weighted by molar-refractivity contribution is 5.97. The number of hydrogen-bond acceptors (Lipinski definition) is 5. The van der Waals surface area contributed by atoms with Crippen LogP contribution in [0.2, 0.25) is 0 Å². The van der Waals surface area contributed by atoms with Crippen LogP contribution in [0.4, 0.5) is 5.69 Å².